The van der Waals surface area contributed by atoms with Crippen molar-refractivity contribution in [2.24, 2.45) is 0 Å². The monoisotopic (exact) mass is 308 g/mol. The number of carbonyl (C=O) groups excluding carboxylic acids is 1. The van der Waals surface area contributed by atoms with Crippen molar-refractivity contribution >= 4 is 17.4 Å². The van der Waals surface area contributed by atoms with Crippen LogP contribution in [0.25, 0.3) is 11.1 Å². The number of hydrogen-bond acceptors (Lipinski definition) is 1. The average Bonchev–Trinajstić information content (AvgIpc) is 2.67. The summed E-state index contributed by atoms with van der Waals surface area (Å²) in [5.74, 6) is 6.36. The van der Waals surface area contributed by atoms with Gasteiger partial charge in [-0.25, -0.2) is 0 Å². The molecular weight excluding hydrogens is 292 g/mol. The minimum Gasteiger partial charge on any atom is -0.298 e. The SMILES string of the molecule is O=C/C(=C(/C#Cc1ccccc1)c1ccccc1)c1ccccc1. The number of aldehydes is 1. The first kappa shape index (κ1) is 15.5. The van der Waals surface area contributed by atoms with Gasteiger partial charge in [-0.1, -0.05) is 90.7 Å². The lowest BCUT2D eigenvalue weighted by Crippen LogP contribution is -1.92. The van der Waals surface area contributed by atoms with E-state index >= 15 is 0 Å². The van der Waals surface area contributed by atoms with Gasteiger partial charge in [0, 0.05) is 16.7 Å². The highest BCUT2D eigenvalue weighted by Crippen LogP contribution is 2.24. The summed E-state index contributed by atoms with van der Waals surface area (Å²) in [5.41, 5.74) is 4.07. The summed E-state index contributed by atoms with van der Waals surface area (Å²) in [6.45, 7) is 0. The molecule has 0 atom stereocenters. The van der Waals surface area contributed by atoms with E-state index in [4.69, 9.17) is 0 Å². The van der Waals surface area contributed by atoms with Crippen LogP contribution in [0.2, 0.25) is 0 Å². The first-order valence-corrected chi connectivity index (χ1v) is 7.76. The van der Waals surface area contributed by atoms with Crippen LogP contribution in [-0.4, -0.2) is 6.29 Å². The van der Waals surface area contributed by atoms with Crippen molar-refractivity contribution in [3.8, 4) is 11.8 Å². The van der Waals surface area contributed by atoms with E-state index in [0.717, 1.165) is 28.5 Å². The standard InChI is InChI=1S/C23H16O/c24-18-23(21-14-8-3-9-15-21)22(20-12-6-2-7-13-20)17-16-19-10-4-1-5-11-19/h1-15,18H/b23-22+. The van der Waals surface area contributed by atoms with E-state index in [1.807, 2.05) is 91.0 Å². The molecule has 0 aliphatic carbocycles. The van der Waals surface area contributed by atoms with Gasteiger partial charge in [-0.3, -0.25) is 4.79 Å². The molecule has 3 aromatic carbocycles. The van der Waals surface area contributed by atoms with Crippen LogP contribution in [0.5, 0.6) is 0 Å². The molecule has 0 aliphatic rings. The lowest BCUT2D eigenvalue weighted by atomic mass is 9.95. The van der Waals surface area contributed by atoms with Crippen LogP contribution in [0.15, 0.2) is 91.0 Å². The van der Waals surface area contributed by atoms with Crippen molar-refractivity contribution in [3.63, 3.8) is 0 Å². The molecular formula is C23H16O. The lowest BCUT2D eigenvalue weighted by Gasteiger charge is -2.07. The Kier molecular flexibility index (Phi) is 5.02. The Hall–Kier alpha value is -3.37. The molecule has 1 nitrogen and oxygen atoms in total. The van der Waals surface area contributed by atoms with Gasteiger partial charge >= 0.3 is 0 Å². The summed E-state index contributed by atoms with van der Waals surface area (Å²) in [6.07, 6.45) is 0.886. The molecule has 0 aromatic heterocycles. The predicted octanol–water partition coefficient (Wildman–Crippen LogP) is 4.85. The number of carbonyl (C=O) groups is 1. The van der Waals surface area contributed by atoms with Crippen molar-refractivity contribution in [3.05, 3.63) is 108 Å². The zero-order chi connectivity index (χ0) is 16.6. The Labute approximate surface area is 142 Å². The van der Waals surface area contributed by atoms with E-state index in [1.165, 1.54) is 0 Å². The molecule has 0 radical (unpaired) electrons. The molecule has 0 N–H and O–H groups in total. The normalized spacial score (nSPS) is 11.0. The second-order valence-corrected chi connectivity index (χ2v) is 5.25. The third kappa shape index (κ3) is 3.69. The summed E-state index contributed by atoms with van der Waals surface area (Å²) >= 11 is 0. The Morgan fingerprint density at radius 1 is 0.667 bits per heavy atom. The topological polar surface area (TPSA) is 17.1 Å². The zero-order valence-electron chi connectivity index (χ0n) is 13.1. The zero-order valence-corrected chi connectivity index (χ0v) is 13.1. The van der Waals surface area contributed by atoms with Crippen LogP contribution in [0.4, 0.5) is 0 Å². The third-order valence-corrected chi connectivity index (χ3v) is 3.64. The summed E-state index contributed by atoms with van der Waals surface area (Å²) in [6, 6.07) is 29.2. The third-order valence-electron chi connectivity index (χ3n) is 3.64. The molecule has 0 saturated heterocycles. The molecule has 0 bridgehead atoms. The largest absolute Gasteiger partial charge is 0.298 e. The fourth-order valence-electron chi connectivity index (χ4n) is 2.44. The molecule has 114 valence electrons. The number of benzene rings is 3. The Morgan fingerprint density at radius 2 is 1.17 bits per heavy atom. The molecule has 0 aliphatic heterocycles. The Morgan fingerprint density at radius 3 is 1.71 bits per heavy atom. The van der Waals surface area contributed by atoms with Gasteiger partial charge in [-0.05, 0) is 23.3 Å². The first-order chi connectivity index (χ1) is 11.9. The first-order valence-electron chi connectivity index (χ1n) is 7.76. The summed E-state index contributed by atoms with van der Waals surface area (Å²) < 4.78 is 0. The van der Waals surface area contributed by atoms with Crippen LogP contribution in [0.3, 0.4) is 0 Å². The predicted molar refractivity (Wildman–Crippen MR) is 99.1 cm³/mol. The molecule has 24 heavy (non-hydrogen) atoms. The van der Waals surface area contributed by atoms with Crippen LogP contribution in [0, 0.1) is 11.8 Å². The number of allylic oxidation sites excluding steroid dienone is 2. The highest BCUT2D eigenvalue weighted by atomic mass is 16.1. The van der Waals surface area contributed by atoms with Crippen LogP contribution in [0.1, 0.15) is 16.7 Å². The van der Waals surface area contributed by atoms with Gasteiger partial charge in [-0.15, -0.1) is 0 Å². The van der Waals surface area contributed by atoms with E-state index in [1.54, 1.807) is 0 Å². The van der Waals surface area contributed by atoms with Crippen LogP contribution >= 0.6 is 0 Å². The molecule has 0 saturated carbocycles. The minimum absolute atomic E-state index is 0.602. The van der Waals surface area contributed by atoms with Gasteiger partial charge in [0.15, 0.2) is 6.29 Å². The maximum Gasteiger partial charge on any atom is 0.151 e. The fraction of sp³-hybridized carbons (Fsp3) is 0. The van der Waals surface area contributed by atoms with E-state index in [0.29, 0.717) is 5.57 Å². The molecule has 1 heteroatoms. The lowest BCUT2D eigenvalue weighted by molar-refractivity contribution is -0.103. The van der Waals surface area contributed by atoms with E-state index < -0.39 is 0 Å². The van der Waals surface area contributed by atoms with Gasteiger partial charge in [0.25, 0.3) is 0 Å². The van der Waals surface area contributed by atoms with Crippen molar-refractivity contribution in [2.75, 3.05) is 0 Å². The van der Waals surface area contributed by atoms with Gasteiger partial charge < -0.3 is 0 Å². The number of rotatable bonds is 3. The molecule has 0 amide bonds. The van der Waals surface area contributed by atoms with Gasteiger partial charge in [-0.2, -0.15) is 0 Å². The second kappa shape index (κ2) is 7.76. The highest BCUT2D eigenvalue weighted by Gasteiger charge is 2.09. The Bertz CT molecular complexity index is 896. The smallest absolute Gasteiger partial charge is 0.151 e. The molecule has 0 heterocycles. The fourth-order valence-corrected chi connectivity index (χ4v) is 2.44. The van der Waals surface area contributed by atoms with Crippen LogP contribution in [-0.2, 0) is 4.79 Å². The van der Waals surface area contributed by atoms with Crippen LogP contribution < -0.4 is 0 Å². The van der Waals surface area contributed by atoms with Gasteiger partial charge in [0.1, 0.15) is 0 Å². The highest BCUT2D eigenvalue weighted by molar-refractivity contribution is 6.20. The summed E-state index contributed by atoms with van der Waals surface area (Å²) in [4.78, 5) is 11.8. The summed E-state index contributed by atoms with van der Waals surface area (Å²) in [5, 5.41) is 0. The Balaban J connectivity index is 2.17. The number of hydrogen-bond donors (Lipinski definition) is 0. The van der Waals surface area contributed by atoms with E-state index in [2.05, 4.69) is 11.8 Å². The minimum atomic E-state index is 0.602. The van der Waals surface area contributed by atoms with Crippen molar-refractivity contribution < 1.29 is 4.79 Å². The molecule has 3 rings (SSSR count). The average molecular weight is 308 g/mol. The van der Waals surface area contributed by atoms with E-state index in [-0.39, 0.29) is 0 Å². The van der Waals surface area contributed by atoms with Crippen molar-refractivity contribution in [2.45, 2.75) is 0 Å². The van der Waals surface area contributed by atoms with Crippen molar-refractivity contribution in [1.82, 2.24) is 0 Å². The maximum atomic E-state index is 11.8. The van der Waals surface area contributed by atoms with Gasteiger partial charge in [0.05, 0.1) is 0 Å². The van der Waals surface area contributed by atoms with Crippen molar-refractivity contribution in [1.29, 1.82) is 0 Å². The molecule has 0 unspecified atom stereocenters. The maximum absolute atomic E-state index is 11.8. The van der Waals surface area contributed by atoms with Gasteiger partial charge in [0.2, 0.25) is 0 Å². The molecule has 0 spiro atoms. The summed E-state index contributed by atoms with van der Waals surface area (Å²) in [7, 11) is 0. The van der Waals surface area contributed by atoms with E-state index in [9.17, 15) is 4.79 Å². The molecule has 0 fully saturated rings. The quantitative estimate of drug-likeness (QED) is 0.293. The second-order valence-electron chi connectivity index (χ2n) is 5.25. The molecule has 3 aromatic rings.